The summed E-state index contributed by atoms with van der Waals surface area (Å²) < 4.78 is 5.79. The van der Waals surface area contributed by atoms with Crippen LogP contribution in [0.2, 0.25) is 0 Å². The molecule has 1 unspecified atom stereocenters. The third kappa shape index (κ3) is 15.3. The number of benzene rings is 2. The third-order valence-corrected chi connectivity index (χ3v) is 14.3. The van der Waals surface area contributed by atoms with Gasteiger partial charge in [0.2, 0.25) is 53.3 Å². The largest absolute Gasteiger partial charge is 0.481 e. The molecule has 78 heavy (non-hydrogen) atoms. The molecule has 426 valence electrons. The summed E-state index contributed by atoms with van der Waals surface area (Å²) in [7, 11) is 0. The number of aliphatic hydroxyl groups excluding tert-OH is 3. The lowest BCUT2D eigenvalue weighted by Gasteiger charge is -2.40. The molecule has 3 aliphatic rings. The van der Waals surface area contributed by atoms with E-state index in [1.807, 2.05) is 48.5 Å². The fourth-order valence-electron chi connectivity index (χ4n) is 9.88. The molecule has 9 atom stereocenters. The predicted octanol–water partition coefficient (Wildman–Crippen LogP) is -2.67. The summed E-state index contributed by atoms with van der Waals surface area (Å²) in [5.74, 6) is -13.4. The van der Waals surface area contributed by atoms with Gasteiger partial charge < -0.3 is 77.7 Å². The Kier molecular flexibility index (Phi) is 22.6. The minimum Gasteiger partial charge on any atom is -0.481 e. The Balaban J connectivity index is 1.24. The zero-order valence-corrected chi connectivity index (χ0v) is 43.7. The van der Waals surface area contributed by atoms with Gasteiger partial charge in [-0.25, -0.2) is 9.59 Å². The van der Waals surface area contributed by atoms with Gasteiger partial charge >= 0.3 is 17.9 Å². The van der Waals surface area contributed by atoms with Crippen LogP contribution < -0.4 is 37.6 Å². The third-order valence-electron chi connectivity index (χ3n) is 14.3. The van der Waals surface area contributed by atoms with Crippen molar-refractivity contribution >= 4 is 65.2 Å². The molecule has 0 radical (unpaired) electrons. The van der Waals surface area contributed by atoms with Crippen molar-refractivity contribution in [1.29, 1.82) is 0 Å². The molecule has 5 rings (SSSR count). The number of carbonyl (C=O) groups is 11. The lowest BCUT2D eigenvalue weighted by Crippen LogP contribution is -2.63. The van der Waals surface area contributed by atoms with E-state index in [0.717, 1.165) is 38.5 Å². The standard InChI is InChI=1S/C52H71N9O17/c1-4-27(2)42(50(74)61(29-12-6-5-7-13-29)44(51(75)76)52(77)78-26-34-32-16-10-8-14-30(32)31-15-9-11-17-33(31)34)59-48(72)37(25-63)58-47(71)35(18-19-41(67)68)56-39(65)23-54-46(70)36(24-62)57-45(69)28(3)55-49(73)43-38(64)20-21-60(43)40(66)22-53/h8-11,14-17,27-29,34-38,42-44,62-64H,4-7,12-13,18-26,53H2,1-3H3,(H,54,70)(H,55,73)(H,56,65)(H,57,69)(H,58,71)(H,59,72)(H,67,68)(H,75,76)/t27-,28-,35-,36-,37-,38?,42-,43-,44+/m0/s1. The van der Waals surface area contributed by atoms with Gasteiger partial charge in [-0.1, -0.05) is 88.1 Å². The van der Waals surface area contributed by atoms with Crippen molar-refractivity contribution in [1.82, 2.24) is 41.7 Å². The van der Waals surface area contributed by atoms with Gasteiger partial charge in [-0.15, -0.1) is 0 Å². The number of amides is 8. The Morgan fingerprint density at radius 1 is 0.744 bits per heavy atom. The Labute approximate surface area is 449 Å². The normalized spacial score (nSPS) is 18.7. The summed E-state index contributed by atoms with van der Waals surface area (Å²) in [6.07, 6.45) is 0.464. The molecule has 0 bridgehead atoms. The first-order valence-electron chi connectivity index (χ1n) is 26.0. The number of fused-ring (bicyclic) bond motifs is 3. The molecular formula is C52H71N9O17. The molecular weight excluding hydrogens is 1020 g/mol. The van der Waals surface area contributed by atoms with Crippen molar-refractivity contribution in [3.8, 4) is 11.1 Å². The quantitative estimate of drug-likeness (QED) is 0.0321. The second-order valence-electron chi connectivity index (χ2n) is 19.6. The maximum absolute atomic E-state index is 14.9. The number of ether oxygens (including phenoxy) is 1. The molecule has 1 heterocycles. The summed E-state index contributed by atoms with van der Waals surface area (Å²) in [5.41, 5.74) is 9.02. The van der Waals surface area contributed by atoms with E-state index < -0.39 is 171 Å². The number of carboxylic acid groups (broad SMARTS) is 2. The van der Waals surface area contributed by atoms with Crippen LogP contribution in [0.5, 0.6) is 0 Å². The SMILES string of the molecule is CC[C@H](C)[C@H](NC(=O)[C@H](CO)NC(=O)[C@H](CCC(=O)O)NC(=O)CNC(=O)[C@H](CO)NC(=O)[C@H](C)NC(=O)[C@@H]1C(O)CCN1C(=O)CN)C(=O)N(C1CCCCC1)[C@H](C(=O)O)C(=O)OCC1c2ccccc2-c2ccccc21. The molecule has 26 heteroatoms. The first-order valence-corrected chi connectivity index (χ1v) is 26.0. The van der Waals surface area contributed by atoms with E-state index in [1.165, 1.54) is 6.92 Å². The van der Waals surface area contributed by atoms with E-state index in [4.69, 9.17) is 10.5 Å². The number of nitrogens with one attached hydrogen (secondary N) is 6. The average Bonchev–Trinajstić information content (AvgIpc) is 3.98. The molecule has 1 saturated heterocycles. The highest BCUT2D eigenvalue weighted by atomic mass is 16.5. The number of hydrogen-bond donors (Lipinski definition) is 12. The minimum atomic E-state index is -2.13. The van der Waals surface area contributed by atoms with Crippen LogP contribution in [-0.4, -0.2) is 194 Å². The van der Waals surface area contributed by atoms with E-state index in [9.17, 15) is 78.3 Å². The summed E-state index contributed by atoms with van der Waals surface area (Å²) in [6, 6.07) is 2.70. The lowest BCUT2D eigenvalue weighted by atomic mass is 9.90. The summed E-state index contributed by atoms with van der Waals surface area (Å²) in [6.45, 7) is 0.877. The second-order valence-corrected chi connectivity index (χ2v) is 19.6. The highest BCUT2D eigenvalue weighted by molar-refractivity contribution is 6.03. The lowest BCUT2D eigenvalue weighted by molar-refractivity contribution is -0.169. The Morgan fingerprint density at radius 3 is 1.88 bits per heavy atom. The van der Waals surface area contributed by atoms with Gasteiger partial charge in [0.15, 0.2) is 0 Å². The fourth-order valence-corrected chi connectivity index (χ4v) is 9.88. The van der Waals surface area contributed by atoms with Crippen molar-refractivity contribution < 1.29 is 83.0 Å². The number of carbonyl (C=O) groups excluding carboxylic acids is 9. The smallest absolute Gasteiger partial charge is 0.340 e. The molecule has 0 spiro atoms. The number of aliphatic hydroxyl groups is 3. The maximum Gasteiger partial charge on any atom is 0.340 e. The first-order chi connectivity index (χ1) is 37.2. The maximum atomic E-state index is 14.9. The molecule has 0 aromatic heterocycles. The summed E-state index contributed by atoms with van der Waals surface area (Å²) >= 11 is 0. The van der Waals surface area contributed by atoms with Crippen LogP contribution in [0.4, 0.5) is 0 Å². The second kappa shape index (κ2) is 28.7. The van der Waals surface area contributed by atoms with Gasteiger partial charge in [0.05, 0.1) is 32.4 Å². The van der Waals surface area contributed by atoms with Crippen molar-refractivity contribution in [2.45, 2.75) is 139 Å². The van der Waals surface area contributed by atoms with Gasteiger partial charge in [-0.2, -0.15) is 0 Å². The Morgan fingerprint density at radius 2 is 1.32 bits per heavy atom. The molecule has 2 aromatic carbocycles. The summed E-state index contributed by atoms with van der Waals surface area (Å²) in [4.78, 5) is 148. The van der Waals surface area contributed by atoms with E-state index in [0.29, 0.717) is 25.7 Å². The van der Waals surface area contributed by atoms with Crippen molar-refractivity contribution in [3.05, 3.63) is 59.7 Å². The predicted molar refractivity (Wildman–Crippen MR) is 274 cm³/mol. The van der Waals surface area contributed by atoms with Gasteiger partial charge in [-0.05, 0) is 60.8 Å². The van der Waals surface area contributed by atoms with Gasteiger partial charge in [0.1, 0.15) is 42.9 Å². The minimum absolute atomic E-state index is 0.0415. The highest BCUT2D eigenvalue weighted by Gasteiger charge is 2.46. The van der Waals surface area contributed by atoms with Crippen LogP contribution in [0.1, 0.15) is 95.6 Å². The zero-order valence-electron chi connectivity index (χ0n) is 43.7. The molecule has 2 fully saturated rings. The first kappa shape index (κ1) is 61.3. The molecule has 8 amide bonds. The number of esters is 1. The van der Waals surface area contributed by atoms with Crippen LogP contribution in [0.15, 0.2) is 48.5 Å². The number of carboxylic acids is 2. The van der Waals surface area contributed by atoms with Crippen molar-refractivity contribution in [2.75, 3.05) is 39.5 Å². The molecule has 1 saturated carbocycles. The van der Waals surface area contributed by atoms with Crippen LogP contribution >= 0.6 is 0 Å². The van der Waals surface area contributed by atoms with Gasteiger partial charge in [0, 0.05) is 24.9 Å². The number of nitrogens with two attached hydrogens (primary N) is 1. The number of rotatable bonds is 27. The van der Waals surface area contributed by atoms with E-state index in [1.54, 1.807) is 13.8 Å². The highest BCUT2D eigenvalue weighted by Crippen LogP contribution is 2.44. The van der Waals surface area contributed by atoms with Crippen LogP contribution in [0.3, 0.4) is 0 Å². The van der Waals surface area contributed by atoms with Crippen LogP contribution in [0, 0.1) is 5.92 Å². The average molecular weight is 1090 g/mol. The molecule has 26 nitrogen and oxygen atoms in total. The van der Waals surface area contributed by atoms with Gasteiger partial charge in [-0.3, -0.25) is 43.2 Å². The monoisotopic (exact) mass is 1090 g/mol. The van der Waals surface area contributed by atoms with Crippen LogP contribution in [0.25, 0.3) is 11.1 Å². The van der Waals surface area contributed by atoms with Crippen molar-refractivity contribution in [3.63, 3.8) is 0 Å². The molecule has 2 aliphatic carbocycles. The fraction of sp³-hybridized carbons (Fsp3) is 0.558. The van der Waals surface area contributed by atoms with Gasteiger partial charge in [0.25, 0.3) is 0 Å². The number of nitrogens with zero attached hydrogens (tertiary/aromatic N) is 2. The molecule has 13 N–H and O–H groups in total. The Bertz CT molecular complexity index is 2500. The summed E-state index contributed by atoms with van der Waals surface area (Å²) in [5, 5.41) is 64.4. The van der Waals surface area contributed by atoms with E-state index >= 15 is 0 Å². The number of aliphatic carboxylic acids is 2. The van der Waals surface area contributed by atoms with E-state index in [-0.39, 0.29) is 26.0 Å². The van der Waals surface area contributed by atoms with Crippen LogP contribution in [-0.2, 0) is 57.5 Å². The Hall–Kier alpha value is -7.55. The zero-order chi connectivity index (χ0) is 57.4. The molecule has 2 aromatic rings. The number of likely N-dealkylation sites (tertiary alicyclic amines) is 1. The molecule has 1 aliphatic heterocycles. The topological polar surface area (TPSA) is 403 Å². The van der Waals surface area contributed by atoms with Crippen molar-refractivity contribution in [2.24, 2.45) is 11.7 Å². The number of hydrogen-bond acceptors (Lipinski definition) is 16. The van der Waals surface area contributed by atoms with E-state index in [2.05, 4.69) is 31.9 Å².